The van der Waals surface area contributed by atoms with Crippen molar-refractivity contribution in [3.8, 4) is 5.75 Å². The average molecular weight is 335 g/mol. The van der Waals surface area contributed by atoms with Crippen LogP contribution < -0.4 is 10.1 Å². The molecule has 0 atom stereocenters. The van der Waals surface area contributed by atoms with E-state index in [1.54, 1.807) is 0 Å². The predicted octanol–water partition coefficient (Wildman–Crippen LogP) is 4.43. The molecule has 0 spiro atoms. The third-order valence-electron chi connectivity index (χ3n) is 2.62. The number of ether oxygens (including phenoxy) is 1. The van der Waals surface area contributed by atoms with Crippen molar-refractivity contribution in [2.45, 2.75) is 27.2 Å². The van der Waals surface area contributed by atoms with Gasteiger partial charge < -0.3 is 10.1 Å². The number of aryl methyl sites for hydroxylation is 1. The normalized spacial score (nSPS) is 11.0. The van der Waals surface area contributed by atoms with Gasteiger partial charge in [0.25, 0.3) is 0 Å². The summed E-state index contributed by atoms with van der Waals surface area (Å²) in [6.07, 6.45) is 1.19. The lowest BCUT2D eigenvalue weighted by Crippen LogP contribution is -2.23. The van der Waals surface area contributed by atoms with Crippen molar-refractivity contribution in [1.82, 2.24) is 5.32 Å². The highest BCUT2D eigenvalue weighted by molar-refractivity contribution is 9.10. The number of hydrogen-bond acceptors (Lipinski definition) is 2. The molecule has 4 heteroatoms. The lowest BCUT2D eigenvalue weighted by atomic mass is 10.1. The Labute approximate surface area is 123 Å². The molecule has 0 aliphatic heterocycles. The zero-order valence-corrected chi connectivity index (χ0v) is 13.6. The molecule has 0 radical (unpaired) electrons. The molecule has 0 amide bonds. The predicted molar refractivity (Wildman–Crippen MR) is 81.7 cm³/mol. The molecule has 0 saturated heterocycles. The summed E-state index contributed by atoms with van der Waals surface area (Å²) in [4.78, 5) is 0. The number of nitrogens with one attached hydrogen (secondary N) is 1. The lowest BCUT2D eigenvalue weighted by Gasteiger charge is -2.12. The van der Waals surface area contributed by atoms with Crippen LogP contribution >= 0.6 is 27.5 Å². The molecule has 102 valence electrons. The Balaban J connectivity index is 2.31. The molecular formula is C14H21BrClNO. The number of halogens is 2. The second-order valence-corrected chi connectivity index (χ2v) is 6.14. The maximum atomic E-state index is 6.14. The van der Waals surface area contributed by atoms with E-state index in [0.29, 0.717) is 11.6 Å². The van der Waals surface area contributed by atoms with Crippen molar-refractivity contribution in [3.63, 3.8) is 0 Å². The van der Waals surface area contributed by atoms with Gasteiger partial charge in [0.15, 0.2) is 0 Å². The van der Waals surface area contributed by atoms with Crippen molar-refractivity contribution in [2.75, 3.05) is 19.7 Å². The molecule has 18 heavy (non-hydrogen) atoms. The van der Waals surface area contributed by atoms with Gasteiger partial charge >= 0.3 is 0 Å². The zero-order chi connectivity index (χ0) is 13.5. The van der Waals surface area contributed by atoms with Gasteiger partial charge in [0, 0.05) is 11.0 Å². The van der Waals surface area contributed by atoms with E-state index in [9.17, 15) is 0 Å². The summed E-state index contributed by atoms with van der Waals surface area (Å²) in [7, 11) is 0. The van der Waals surface area contributed by atoms with Crippen molar-refractivity contribution in [1.29, 1.82) is 0 Å². The van der Waals surface area contributed by atoms with Gasteiger partial charge in [-0.3, -0.25) is 0 Å². The summed E-state index contributed by atoms with van der Waals surface area (Å²) >= 11 is 9.55. The van der Waals surface area contributed by atoms with Gasteiger partial charge in [-0.15, -0.1) is 0 Å². The molecule has 0 bridgehead atoms. The Morgan fingerprint density at radius 2 is 2.06 bits per heavy atom. The maximum Gasteiger partial charge on any atom is 0.140 e. The molecule has 2 nitrogen and oxygen atoms in total. The van der Waals surface area contributed by atoms with Crippen LogP contribution in [0.3, 0.4) is 0 Å². The van der Waals surface area contributed by atoms with Crippen molar-refractivity contribution < 1.29 is 4.74 Å². The van der Waals surface area contributed by atoms with Gasteiger partial charge in [-0.2, -0.15) is 0 Å². The van der Waals surface area contributed by atoms with Gasteiger partial charge in [-0.05, 0) is 43.5 Å². The first kappa shape index (κ1) is 15.8. The summed E-state index contributed by atoms with van der Waals surface area (Å²) < 4.78 is 6.69. The first-order chi connectivity index (χ1) is 8.50. The van der Waals surface area contributed by atoms with Gasteiger partial charge in [-0.1, -0.05) is 41.4 Å². The summed E-state index contributed by atoms with van der Waals surface area (Å²) in [5, 5.41) is 4.02. The molecule has 0 unspecified atom stereocenters. The van der Waals surface area contributed by atoms with Gasteiger partial charge in [0.2, 0.25) is 0 Å². The van der Waals surface area contributed by atoms with Crippen LogP contribution in [-0.2, 0) is 0 Å². The molecule has 1 rings (SSSR count). The van der Waals surface area contributed by atoms with Crippen LogP contribution in [0.15, 0.2) is 16.6 Å². The molecule has 1 aromatic carbocycles. The quantitative estimate of drug-likeness (QED) is 0.745. The molecule has 0 fully saturated rings. The SMILES string of the molecule is Cc1cc(Br)cc(Cl)c1OCCNCCC(C)C. The zero-order valence-electron chi connectivity index (χ0n) is 11.2. The first-order valence-corrected chi connectivity index (χ1v) is 7.47. The van der Waals surface area contributed by atoms with Crippen molar-refractivity contribution in [2.24, 2.45) is 5.92 Å². The maximum absolute atomic E-state index is 6.14. The highest BCUT2D eigenvalue weighted by Gasteiger charge is 2.06. The fourth-order valence-corrected chi connectivity index (χ4v) is 2.64. The largest absolute Gasteiger partial charge is 0.490 e. The van der Waals surface area contributed by atoms with E-state index < -0.39 is 0 Å². The highest BCUT2D eigenvalue weighted by atomic mass is 79.9. The third kappa shape index (κ3) is 5.59. The van der Waals surface area contributed by atoms with Crippen LogP contribution in [0.2, 0.25) is 5.02 Å². The molecule has 0 heterocycles. The molecule has 1 aromatic rings. The highest BCUT2D eigenvalue weighted by Crippen LogP contribution is 2.31. The van der Waals surface area contributed by atoms with E-state index in [1.165, 1.54) is 6.42 Å². The Morgan fingerprint density at radius 3 is 2.67 bits per heavy atom. The Bertz CT molecular complexity index is 359. The average Bonchev–Trinajstić information content (AvgIpc) is 2.25. The van der Waals surface area contributed by atoms with Crippen LogP contribution in [0.1, 0.15) is 25.8 Å². The second-order valence-electron chi connectivity index (χ2n) is 4.81. The monoisotopic (exact) mass is 333 g/mol. The third-order valence-corrected chi connectivity index (χ3v) is 3.36. The number of hydrogen-bond donors (Lipinski definition) is 1. The van der Waals surface area contributed by atoms with E-state index in [1.807, 2.05) is 19.1 Å². The smallest absolute Gasteiger partial charge is 0.140 e. The molecule has 1 N–H and O–H groups in total. The second kappa shape index (κ2) is 8.03. The lowest BCUT2D eigenvalue weighted by molar-refractivity contribution is 0.310. The van der Waals surface area contributed by atoms with Gasteiger partial charge in [-0.25, -0.2) is 0 Å². The first-order valence-electron chi connectivity index (χ1n) is 6.30. The minimum atomic E-state index is 0.639. The van der Waals surface area contributed by atoms with E-state index in [0.717, 1.165) is 34.8 Å². The van der Waals surface area contributed by atoms with Crippen LogP contribution in [-0.4, -0.2) is 19.7 Å². The van der Waals surface area contributed by atoms with Gasteiger partial charge in [0.1, 0.15) is 12.4 Å². The summed E-state index contributed by atoms with van der Waals surface area (Å²) in [5.41, 5.74) is 1.05. The molecule has 0 aliphatic carbocycles. The number of benzene rings is 1. The molecular weight excluding hydrogens is 314 g/mol. The van der Waals surface area contributed by atoms with E-state index >= 15 is 0 Å². The summed E-state index contributed by atoms with van der Waals surface area (Å²) in [5.74, 6) is 1.52. The van der Waals surface area contributed by atoms with E-state index in [4.69, 9.17) is 16.3 Å². The van der Waals surface area contributed by atoms with E-state index in [-0.39, 0.29) is 0 Å². The summed E-state index contributed by atoms with van der Waals surface area (Å²) in [6, 6.07) is 3.86. The molecule has 0 aromatic heterocycles. The molecule has 0 aliphatic rings. The fraction of sp³-hybridized carbons (Fsp3) is 0.571. The topological polar surface area (TPSA) is 21.3 Å². The van der Waals surface area contributed by atoms with Gasteiger partial charge in [0.05, 0.1) is 5.02 Å². The van der Waals surface area contributed by atoms with Crippen LogP contribution in [0.4, 0.5) is 0 Å². The van der Waals surface area contributed by atoms with Crippen molar-refractivity contribution in [3.05, 3.63) is 27.2 Å². The van der Waals surface area contributed by atoms with E-state index in [2.05, 4.69) is 35.1 Å². The van der Waals surface area contributed by atoms with Crippen LogP contribution in [0.25, 0.3) is 0 Å². The Kier molecular flexibility index (Phi) is 7.05. The standard InChI is InChI=1S/C14H21BrClNO/c1-10(2)4-5-17-6-7-18-14-11(3)8-12(15)9-13(14)16/h8-10,17H,4-7H2,1-3H3. The Hall–Kier alpha value is -0.250. The van der Waals surface area contributed by atoms with Crippen LogP contribution in [0, 0.1) is 12.8 Å². The minimum Gasteiger partial charge on any atom is -0.490 e. The van der Waals surface area contributed by atoms with Crippen molar-refractivity contribution >= 4 is 27.5 Å². The number of rotatable bonds is 7. The van der Waals surface area contributed by atoms with Crippen LogP contribution in [0.5, 0.6) is 5.75 Å². The Morgan fingerprint density at radius 1 is 1.33 bits per heavy atom. The molecule has 0 saturated carbocycles. The summed E-state index contributed by atoms with van der Waals surface area (Å²) in [6.45, 7) is 8.97. The fourth-order valence-electron chi connectivity index (χ4n) is 1.61. The minimum absolute atomic E-state index is 0.639.